The number of hydrogen-bond acceptors (Lipinski definition) is 1. The Morgan fingerprint density at radius 3 is 2.95 bits per heavy atom. The maximum Gasteiger partial charge on any atom is 0.252 e. The van der Waals surface area contributed by atoms with E-state index in [9.17, 15) is 4.79 Å². The third-order valence-corrected chi connectivity index (χ3v) is 4.72. The Bertz CT molecular complexity index is 499. The van der Waals surface area contributed by atoms with Crippen LogP contribution in [-0.2, 0) is 0 Å². The van der Waals surface area contributed by atoms with Crippen molar-refractivity contribution in [3.05, 3.63) is 43.5 Å². The molecule has 2 nitrogen and oxygen atoms in total. The molecule has 19 heavy (non-hydrogen) atoms. The Labute approximate surface area is 136 Å². The van der Waals surface area contributed by atoms with Crippen LogP contribution in [0.2, 0.25) is 0 Å². The van der Waals surface area contributed by atoms with Gasteiger partial charge in [-0.2, -0.15) is 0 Å². The van der Waals surface area contributed by atoms with Crippen molar-refractivity contribution < 1.29 is 4.79 Å². The zero-order chi connectivity index (χ0) is 13.7. The quantitative estimate of drug-likeness (QED) is 0.542. The van der Waals surface area contributed by atoms with Gasteiger partial charge in [-0.3, -0.25) is 4.79 Å². The first-order valence-electron chi connectivity index (χ1n) is 6.58. The molecule has 0 fully saturated rings. The summed E-state index contributed by atoms with van der Waals surface area (Å²) in [6.45, 7) is 0.729. The fourth-order valence-corrected chi connectivity index (χ4v) is 3.18. The van der Waals surface area contributed by atoms with Crippen molar-refractivity contribution in [3.63, 3.8) is 0 Å². The largest absolute Gasteiger partial charge is 0.352 e. The second-order valence-corrected chi connectivity index (χ2v) is 6.82. The highest BCUT2D eigenvalue weighted by Crippen LogP contribution is 2.20. The molecule has 0 aliphatic heterocycles. The first-order chi connectivity index (χ1) is 9.16. The Hall–Kier alpha value is -0.360. The molecule has 4 heteroatoms. The first-order valence-corrected chi connectivity index (χ1v) is 8.45. The van der Waals surface area contributed by atoms with Crippen LogP contribution in [0.1, 0.15) is 42.5 Å². The topological polar surface area (TPSA) is 29.1 Å². The summed E-state index contributed by atoms with van der Waals surface area (Å²) in [7, 11) is 0. The van der Waals surface area contributed by atoms with Crippen LogP contribution in [-0.4, -0.2) is 12.5 Å². The lowest BCUT2D eigenvalue weighted by molar-refractivity contribution is 0.0953. The van der Waals surface area contributed by atoms with Crippen LogP contribution < -0.4 is 5.32 Å². The first kappa shape index (κ1) is 15.0. The molecular weight excluding hydrogens is 417 g/mol. The summed E-state index contributed by atoms with van der Waals surface area (Å²) in [5.74, 6) is 0.0158. The zero-order valence-electron chi connectivity index (χ0n) is 10.7. The van der Waals surface area contributed by atoms with Crippen LogP contribution in [0.15, 0.2) is 34.3 Å². The molecule has 0 saturated carbocycles. The maximum absolute atomic E-state index is 12.1. The van der Waals surface area contributed by atoms with E-state index in [0.717, 1.165) is 26.6 Å². The average Bonchev–Trinajstić information content (AvgIpc) is 2.42. The molecule has 1 aliphatic rings. The van der Waals surface area contributed by atoms with Crippen molar-refractivity contribution >= 4 is 44.4 Å². The van der Waals surface area contributed by atoms with E-state index in [0.29, 0.717) is 0 Å². The lowest BCUT2D eigenvalue weighted by Gasteiger charge is -2.13. The summed E-state index contributed by atoms with van der Waals surface area (Å²) < 4.78 is 1.92. The molecule has 0 radical (unpaired) electrons. The highest BCUT2D eigenvalue weighted by molar-refractivity contribution is 14.1. The molecule has 102 valence electrons. The average molecular weight is 434 g/mol. The number of hydrogen-bond donors (Lipinski definition) is 1. The second kappa shape index (κ2) is 7.43. The molecule has 1 amide bonds. The minimum atomic E-state index is 0.0158. The van der Waals surface area contributed by atoms with Crippen LogP contribution in [0.3, 0.4) is 0 Å². The van der Waals surface area contributed by atoms with Crippen LogP contribution >= 0.6 is 38.5 Å². The maximum atomic E-state index is 12.1. The Kier molecular flexibility index (Phi) is 5.88. The summed E-state index contributed by atoms with van der Waals surface area (Å²) in [4.78, 5) is 12.1. The summed E-state index contributed by atoms with van der Waals surface area (Å²) >= 11 is 5.60. The number of nitrogens with one attached hydrogen (secondary N) is 1. The number of halogens is 2. The fourth-order valence-electron chi connectivity index (χ4n) is 2.24. The highest BCUT2D eigenvalue weighted by atomic mass is 127. The van der Waals surface area contributed by atoms with Gasteiger partial charge in [-0.25, -0.2) is 0 Å². The van der Waals surface area contributed by atoms with Crippen molar-refractivity contribution in [2.45, 2.75) is 32.1 Å². The number of amides is 1. The molecule has 0 atom stereocenters. The van der Waals surface area contributed by atoms with Gasteiger partial charge < -0.3 is 5.32 Å². The predicted octanol–water partition coefficient (Wildman–Crippen LogP) is 4.67. The molecular formula is C15H17BrINO. The molecule has 0 heterocycles. The molecule has 0 spiro atoms. The third-order valence-electron chi connectivity index (χ3n) is 3.29. The van der Waals surface area contributed by atoms with Crippen molar-refractivity contribution in [1.29, 1.82) is 0 Å². The van der Waals surface area contributed by atoms with Gasteiger partial charge in [0.1, 0.15) is 0 Å². The van der Waals surface area contributed by atoms with Gasteiger partial charge in [0.05, 0.1) is 5.56 Å². The molecule has 0 bridgehead atoms. The van der Waals surface area contributed by atoms with E-state index in [4.69, 9.17) is 0 Å². The fraction of sp³-hybridized carbons (Fsp3) is 0.400. The van der Waals surface area contributed by atoms with E-state index in [-0.39, 0.29) is 5.91 Å². The Balaban J connectivity index is 1.87. The van der Waals surface area contributed by atoms with Gasteiger partial charge in [0, 0.05) is 14.6 Å². The van der Waals surface area contributed by atoms with Crippen molar-refractivity contribution in [1.82, 2.24) is 5.32 Å². The zero-order valence-corrected chi connectivity index (χ0v) is 14.5. The van der Waals surface area contributed by atoms with E-state index in [1.165, 1.54) is 31.3 Å². The molecule has 0 aromatic heterocycles. The van der Waals surface area contributed by atoms with Gasteiger partial charge >= 0.3 is 0 Å². The molecule has 0 unspecified atom stereocenters. The predicted molar refractivity (Wildman–Crippen MR) is 90.4 cm³/mol. The van der Waals surface area contributed by atoms with E-state index in [1.807, 2.05) is 18.2 Å². The second-order valence-electron chi connectivity index (χ2n) is 4.74. The summed E-state index contributed by atoms with van der Waals surface area (Å²) in [6, 6.07) is 5.77. The summed E-state index contributed by atoms with van der Waals surface area (Å²) in [5, 5.41) is 3.01. The van der Waals surface area contributed by atoms with E-state index in [1.54, 1.807) is 0 Å². The van der Waals surface area contributed by atoms with Gasteiger partial charge in [-0.1, -0.05) is 27.6 Å². The standard InChI is InChI=1S/C15H17BrINO/c16-12-6-7-14(17)13(10-12)15(19)18-9-8-11-4-2-1-3-5-11/h4,6-7,10H,1-3,5,8-9H2,(H,18,19). The van der Waals surface area contributed by atoms with E-state index in [2.05, 4.69) is 49.9 Å². The normalized spacial score (nSPS) is 14.9. The molecule has 0 saturated heterocycles. The molecule has 1 aliphatic carbocycles. The van der Waals surface area contributed by atoms with Crippen molar-refractivity contribution in [2.24, 2.45) is 0 Å². The molecule has 2 rings (SSSR count). The number of benzene rings is 1. The third kappa shape index (κ3) is 4.60. The van der Waals surface area contributed by atoms with Gasteiger partial charge in [0.2, 0.25) is 0 Å². The monoisotopic (exact) mass is 433 g/mol. The minimum absolute atomic E-state index is 0.0158. The van der Waals surface area contributed by atoms with E-state index >= 15 is 0 Å². The van der Waals surface area contributed by atoms with Gasteiger partial charge in [-0.05, 0) is 72.9 Å². The van der Waals surface area contributed by atoms with Crippen LogP contribution in [0.25, 0.3) is 0 Å². The highest BCUT2D eigenvalue weighted by Gasteiger charge is 2.10. The number of allylic oxidation sites excluding steroid dienone is 1. The lowest BCUT2D eigenvalue weighted by atomic mass is 9.97. The van der Waals surface area contributed by atoms with E-state index < -0.39 is 0 Å². The lowest BCUT2D eigenvalue weighted by Crippen LogP contribution is -2.25. The smallest absolute Gasteiger partial charge is 0.252 e. The van der Waals surface area contributed by atoms with Crippen LogP contribution in [0.4, 0.5) is 0 Å². The van der Waals surface area contributed by atoms with Gasteiger partial charge in [0.25, 0.3) is 5.91 Å². The minimum Gasteiger partial charge on any atom is -0.352 e. The van der Waals surface area contributed by atoms with Crippen molar-refractivity contribution in [3.8, 4) is 0 Å². The SMILES string of the molecule is O=C(NCCC1=CCCCC1)c1cc(Br)ccc1I. The van der Waals surface area contributed by atoms with Crippen LogP contribution in [0, 0.1) is 3.57 Å². The molecule has 1 N–H and O–H groups in total. The Morgan fingerprint density at radius 1 is 1.37 bits per heavy atom. The number of rotatable bonds is 4. The van der Waals surface area contributed by atoms with Crippen molar-refractivity contribution in [2.75, 3.05) is 6.54 Å². The summed E-state index contributed by atoms with van der Waals surface area (Å²) in [5.41, 5.74) is 2.24. The Morgan fingerprint density at radius 2 is 2.21 bits per heavy atom. The summed E-state index contributed by atoms with van der Waals surface area (Å²) in [6.07, 6.45) is 8.32. The molecule has 1 aromatic rings. The number of carbonyl (C=O) groups excluding carboxylic acids is 1. The molecule has 1 aromatic carbocycles. The number of carbonyl (C=O) groups is 1. The van der Waals surface area contributed by atoms with Gasteiger partial charge in [-0.15, -0.1) is 0 Å². The van der Waals surface area contributed by atoms with Crippen LogP contribution in [0.5, 0.6) is 0 Å². The van der Waals surface area contributed by atoms with Gasteiger partial charge in [0.15, 0.2) is 0 Å².